The Morgan fingerprint density at radius 3 is 2.94 bits per heavy atom. The lowest BCUT2D eigenvalue weighted by atomic mass is 10.1. The molecule has 1 aromatic heterocycles. The number of anilines is 1. The van der Waals surface area contributed by atoms with E-state index in [1.54, 1.807) is 12.3 Å². The SMILES string of the molecule is C=C/C=C\C(=C/C)Nc1cccc2ncccc12. The highest BCUT2D eigenvalue weighted by Gasteiger charge is 2.00. The van der Waals surface area contributed by atoms with Crippen molar-refractivity contribution >= 4 is 16.6 Å². The van der Waals surface area contributed by atoms with E-state index in [1.807, 2.05) is 43.4 Å². The van der Waals surface area contributed by atoms with E-state index in [9.17, 15) is 0 Å². The maximum absolute atomic E-state index is 4.34. The summed E-state index contributed by atoms with van der Waals surface area (Å²) in [6.07, 6.45) is 9.49. The molecule has 0 saturated heterocycles. The van der Waals surface area contributed by atoms with Crippen LogP contribution in [0.25, 0.3) is 10.9 Å². The fourth-order valence-electron chi connectivity index (χ4n) is 1.75. The molecule has 0 fully saturated rings. The number of benzene rings is 1. The van der Waals surface area contributed by atoms with Gasteiger partial charge in [-0.3, -0.25) is 4.98 Å². The molecule has 0 aliphatic heterocycles. The van der Waals surface area contributed by atoms with Crippen LogP contribution in [0.4, 0.5) is 5.69 Å². The van der Waals surface area contributed by atoms with Gasteiger partial charge >= 0.3 is 0 Å². The molecule has 0 saturated carbocycles. The number of pyridine rings is 1. The van der Waals surface area contributed by atoms with E-state index in [1.165, 1.54) is 0 Å². The minimum absolute atomic E-state index is 0.991. The molecule has 1 aromatic carbocycles. The molecule has 1 heterocycles. The summed E-state index contributed by atoms with van der Waals surface area (Å²) >= 11 is 0. The third-order valence-corrected chi connectivity index (χ3v) is 2.65. The first-order valence-electron chi connectivity index (χ1n) is 5.91. The summed E-state index contributed by atoms with van der Waals surface area (Å²) in [5, 5.41) is 4.51. The van der Waals surface area contributed by atoms with Crippen molar-refractivity contribution in [1.29, 1.82) is 0 Å². The molecule has 2 nitrogen and oxygen atoms in total. The molecule has 0 atom stereocenters. The van der Waals surface area contributed by atoms with Crippen molar-refractivity contribution in [2.45, 2.75) is 6.92 Å². The lowest BCUT2D eigenvalue weighted by molar-refractivity contribution is 1.40. The predicted molar refractivity (Wildman–Crippen MR) is 78.5 cm³/mol. The van der Waals surface area contributed by atoms with Crippen LogP contribution >= 0.6 is 0 Å². The Labute approximate surface area is 107 Å². The fourth-order valence-corrected chi connectivity index (χ4v) is 1.75. The Morgan fingerprint density at radius 2 is 2.17 bits per heavy atom. The standard InChI is InChI=1S/C16H16N2/c1-3-5-8-13(4-2)18-16-11-6-10-15-14(16)9-7-12-17-15/h3-12,18H,1H2,2H3/b8-5-,13-4+. The zero-order chi connectivity index (χ0) is 12.8. The number of allylic oxidation sites excluding steroid dienone is 4. The van der Waals surface area contributed by atoms with Crippen molar-refractivity contribution in [1.82, 2.24) is 4.98 Å². The molecule has 0 unspecified atom stereocenters. The van der Waals surface area contributed by atoms with Crippen LogP contribution in [0.5, 0.6) is 0 Å². The van der Waals surface area contributed by atoms with Crippen LogP contribution in [-0.2, 0) is 0 Å². The topological polar surface area (TPSA) is 24.9 Å². The second-order valence-corrected chi connectivity index (χ2v) is 3.84. The summed E-state index contributed by atoms with van der Waals surface area (Å²) in [7, 11) is 0. The van der Waals surface area contributed by atoms with Gasteiger partial charge in [0.15, 0.2) is 0 Å². The fraction of sp³-hybridized carbons (Fsp3) is 0.0625. The molecule has 0 aliphatic carbocycles. The summed E-state index contributed by atoms with van der Waals surface area (Å²) in [4.78, 5) is 4.34. The molecule has 2 rings (SSSR count). The van der Waals surface area contributed by atoms with E-state index in [4.69, 9.17) is 0 Å². The third-order valence-electron chi connectivity index (χ3n) is 2.65. The number of rotatable bonds is 4. The minimum atomic E-state index is 0.991. The Bertz CT molecular complexity index is 604. The first kappa shape index (κ1) is 12.1. The molecule has 0 aliphatic rings. The average molecular weight is 236 g/mol. The first-order chi connectivity index (χ1) is 8.85. The Hall–Kier alpha value is -2.35. The van der Waals surface area contributed by atoms with E-state index in [0.29, 0.717) is 0 Å². The van der Waals surface area contributed by atoms with Gasteiger partial charge in [-0.1, -0.05) is 30.9 Å². The zero-order valence-electron chi connectivity index (χ0n) is 10.4. The molecule has 18 heavy (non-hydrogen) atoms. The molecule has 0 radical (unpaired) electrons. The Morgan fingerprint density at radius 1 is 1.28 bits per heavy atom. The number of hydrogen-bond acceptors (Lipinski definition) is 2. The van der Waals surface area contributed by atoms with Crippen molar-refractivity contribution in [2.24, 2.45) is 0 Å². The maximum atomic E-state index is 4.34. The van der Waals surface area contributed by atoms with E-state index in [2.05, 4.69) is 29.0 Å². The lowest BCUT2D eigenvalue weighted by Gasteiger charge is -2.09. The third kappa shape index (κ3) is 2.66. The predicted octanol–water partition coefficient (Wildman–Crippen LogP) is 4.29. The van der Waals surface area contributed by atoms with Gasteiger partial charge in [0.05, 0.1) is 5.52 Å². The van der Waals surface area contributed by atoms with Gasteiger partial charge in [-0.05, 0) is 37.3 Å². The van der Waals surface area contributed by atoms with Crippen LogP contribution in [-0.4, -0.2) is 4.98 Å². The molecule has 2 heteroatoms. The average Bonchev–Trinajstić information content (AvgIpc) is 2.43. The summed E-state index contributed by atoms with van der Waals surface area (Å²) in [6, 6.07) is 10.1. The zero-order valence-corrected chi connectivity index (χ0v) is 10.4. The lowest BCUT2D eigenvalue weighted by Crippen LogP contribution is -1.97. The normalized spacial score (nSPS) is 11.9. The maximum Gasteiger partial charge on any atom is 0.0722 e. The quantitative estimate of drug-likeness (QED) is 0.801. The van der Waals surface area contributed by atoms with Crippen molar-refractivity contribution in [3.05, 3.63) is 73.1 Å². The molecule has 1 N–H and O–H groups in total. The van der Waals surface area contributed by atoms with E-state index in [0.717, 1.165) is 22.3 Å². The van der Waals surface area contributed by atoms with Gasteiger partial charge in [0.2, 0.25) is 0 Å². The van der Waals surface area contributed by atoms with E-state index < -0.39 is 0 Å². The van der Waals surface area contributed by atoms with Crippen molar-refractivity contribution in [2.75, 3.05) is 5.32 Å². The Kier molecular flexibility index (Phi) is 3.92. The van der Waals surface area contributed by atoms with Gasteiger partial charge in [-0.25, -0.2) is 0 Å². The van der Waals surface area contributed by atoms with E-state index >= 15 is 0 Å². The monoisotopic (exact) mass is 236 g/mol. The molecule has 90 valence electrons. The molecule has 0 spiro atoms. The number of fused-ring (bicyclic) bond motifs is 1. The number of nitrogens with zero attached hydrogens (tertiary/aromatic N) is 1. The van der Waals surface area contributed by atoms with Crippen molar-refractivity contribution in [3.63, 3.8) is 0 Å². The largest absolute Gasteiger partial charge is 0.355 e. The first-order valence-corrected chi connectivity index (χ1v) is 5.91. The smallest absolute Gasteiger partial charge is 0.0722 e. The summed E-state index contributed by atoms with van der Waals surface area (Å²) < 4.78 is 0. The van der Waals surface area contributed by atoms with Crippen LogP contribution in [0.2, 0.25) is 0 Å². The second-order valence-electron chi connectivity index (χ2n) is 3.84. The van der Waals surface area contributed by atoms with Crippen LogP contribution in [0, 0.1) is 0 Å². The van der Waals surface area contributed by atoms with Gasteiger partial charge in [-0.2, -0.15) is 0 Å². The van der Waals surface area contributed by atoms with Gasteiger partial charge < -0.3 is 5.32 Å². The van der Waals surface area contributed by atoms with Crippen molar-refractivity contribution in [3.8, 4) is 0 Å². The van der Waals surface area contributed by atoms with Gasteiger partial charge in [0.1, 0.15) is 0 Å². The molecule has 2 aromatic rings. The van der Waals surface area contributed by atoms with Crippen LogP contribution in [0.3, 0.4) is 0 Å². The highest BCUT2D eigenvalue weighted by Crippen LogP contribution is 2.22. The van der Waals surface area contributed by atoms with Crippen LogP contribution < -0.4 is 5.32 Å². The minimum Gasteiger partial charge on any atom is -0.355 e. The van der Waals surface area contributed by atoms with E-state index in [-0.39, 0.29) is 0 Å². The van der Waals surface area contributed by atoms with Gasteiger partial charge in [-0.15, -0.1) is 0 Å². The number of hydrogen-bond donors (Lipinski definition) is 1. The molecule has 0 bridgehead atoms. The van der Waals surface area contributed by atoms with Gasteiger partial charge in [0.25, 0.3) is 0 Å². The Balaban J connectivity index is 2.37. The number of aromatic nitrogens is 1. The van der Waals surface area contributed by atoms with Crippen LogP contribution in [0.1, 0.15) is 6.92 Å². The van der Waals surface area contributed by atoms with Gasteiger partial charge in [0, 0.05) is 23.0 Å². The van der Waals surface area contributed by atoms with Crippen LogP contribution in [0.15, 0.2) is 73.1 Å². The highest BCUT2D eigenvalue weighted by molar-refractivity contribution is 5.91. The second kappa shape index (κ2) is 5.82. The van der Waals surface area contributed by atoms with Crippen molar-refractivity contribution < 1.29 is 0 Å². The molecular formula is C16H16N2. The molecule has 0 amide bonds. The number of nitrogens with one attached hydrogen (secondary N) is 1. The molecular weight excluding hydrogens is 220 g/mol. The summed E-state index contributed by atoms with van der Waals surface area (Å²) in [6.45, 7) is 5.67. The summed E-state index contributed by atoms with van der Waals surface area (Å²) in [5.74, 6) is 0. The highest BCUT2D eigenvalue weighted by atomic mass is 14.9. The summed E-state index contributed by atoms with van der Waals surface area (Å²) in [5.41, 5.74) is 3.08.